The maximum Gasteiger partial charge on any atom is 0.258 e. The SMILES string of the molecule is O=C(COc1ccc(C(=O)c2ccccc2)cc1)NC1CCCNC1. The molecule has 1 saturated heterocycles. The number of carbonyl (C=O) groups is 2. The van der Waals surface area contributed by atoms with Gasteiger partial charge in [0.15, 0.2) is 12.4 Å². The molecule has 5 heteroatoms. The number of benzene rings is 2. The highest BCUT2D eigenvalue weighted by molar-refractivity contribution is 6.08. The van der Waals surface area contributed by atoms with E-state index in [9.17, 15) is 9.59 Å². The van der Waals surface area contributed by atoms with E-state index in [1.807, 2.05) is 18.2 Å². The molecular formula is C20H22N2O3. The minimum atomic E-state index is -0.127. The van der Waals surface area contributed by atoms with Crippen molar-refractivity contribution >= 4 is 11.7 Å². The topological polar surface area (TPSA) is 67.4 Å². The molecule has 1 aliphatic rings. The van der Waals surface area contributed by atoms with E-state index < -0.39 is 0 Å². The van der Waals surface area contributed by atoms with E-state index >= 15 is 0 Å². The van der Waals surface area contributed by atoms with Crippen LogP contribution in [-0.2, 0) is 4.79 Å². The minimum absolute atomic E-state index is 0.0253. The van der Waals surface area contributed by atoms with Crippen LogP contribution >= 0.6 is 0 Å². The number of ether oxygens (including phenoxy) is 1. The quantitative estimate of drug-likeness (QED) is 0.792. The van der Waals surface area contributed by atoms with Crippen molar-refractivity contribution in [3.05, 3.63) is 65.7 Å². The first-order chi connectivity index (χ1) is 12.2. The summed E-state index contributed by atoms with van der Waals surface area (Å²) in [6, 6.07) is 16.2. The van der Waals surface area contributed by atoms with Crippen LogP contribution in [0.3, 0.4) is 0 Å². The molecule has 1 amide bonds. The second-order valence-electron chi connectivity index (χ2n) is 6.12. The van der Waals surface area contributed by atoms with Crippen LogP contribution in [0.2, 0.25) is 0 Å². The fourth-order valence-corrected chi connectivity index (χ4v) is 2.85. The van der Waals surface area contributed by atoms with Crippen molar-refractivity contribution in [2.75, 3.05) is 19.7 Å². The Morgan fingerprint density at radius 2 is 1.76 bits per heavy atom. The summed E-state index contributed by atoms with van der Waals surface area (Å²) in [5.41, 5.74) is 1.24. The largest absolute Gasteiger partial charge is 0.484 e. The molecule has 3 rings (SSSR count). The van der Waals surface area contributed by atoms with Gasteiger partial charge in [-0.25, -0.2) is 0 Å². The van der Waals surface area contributed by atoms with Crippen molar-refractivity contribution in [1.29, 1.82) is 0 Å². The lowest BCUT2D eigenvalue weighted by Crippen LogP contribution is -2.46. The summed E-state index contributed by atoms with van der Waals surface area (Å²) >= 11 is 0. The molecule has 2 N–H and O–H groups in total. The molecule has 0 bridgehead atoms. The zero-order chi connectivity index (χ0) is 17.5. The normalized spacial score (nSPS) is 16.9. The number of hydrogen-bond acceptors (Lipinski definition) is 4. The molecule has 1 heterocycles. The summed E-state index contributed by atoms with van der Waals surface area (Å²) in [4.78, 5) is 24.3. The lowest BCUT2D eigenvalue weighted by atomic mass is 10.0. The van der Waals surface area contributed by atoms with Crippen LogP contribution in [0.4, 0.5) is 0 Å². The van der Waals surface area contributed by atoms with Gasteiger partial charge in [0.1, 0.15) is 5.75 Å². The summed E-state index contributed by atoms with van der Waals surface area (Å²) < 4.78 is 5.51. The Kier molecular flexibility index (Phi) is 5.80. The average molecular weight is 338 g/mol. The Bertz CT molecular complexity index is 707. The van der Waals surface area contributed by atoms with Gasteiger partial charge in [0.05, 0.1) is 0 Å². The zero-order valence-electron chi connectivity index (χ0n) is 14.0. The van der Waals surface area contributed by atoms with E-state index in [-0.39, 0.29) is 24.3 Å². The third-order valence-electron chi connectivity index (χ3n) is 4.18. The number of hydrogen-bond donors (Lipinski definition) is 2. The van der Waals surface area contributed by atoms with Crippen LogP contribution in [0.5, 0.6) is 5.75 Å². The van der Waals surface area contributed by atoms with Gasteiger partial charge >= 0.3 is 0 Å². The Morgan fingerprint density at radius 1 is 1.04 bits per heavy atom. The zero-order valence-corrected chi connectivity index (χ0v) is 14.0. The fraction of sp³-hybridized carbons (Fsp3) is 0.300. The predicted octanol–water partition coefficient (Wildman–Crippen LogP) is 2.16. The van der Waals surface area contributed by atoms with E-state index in [0.717, 1.165) is 25.9 Å². The van der Waals surface area contributed by atoms with Gasteiger partial charge in [0.25, 0.3) is 5.91 Å². The Balaban J connectivity index is 1.50. The average Bonchev–Trinajstić information content (AvgIpc) is 2.68. The second-order valence-corrected chi connectivity index (χ2v) is 6.12. The van der Waals surface area contributed by atoms with Crippen LogP contribution in [0.1, 0.15) is 28.8 Å². The number of nitrogens with one attached hydrogen (secondary N) is 2. The van der Waals surface area contributed by atoms with Crippen molar-refractivity contribution in [2.24, 2.45) is 0 Å². The van der Waals surface area contributed by atoms with Gasteiger partial charge in [0, 0.05) is 23.7 Å². The summed E-state index contributed by atoms with van der Waals surface area (Å²) in [5.74, 6) is 0.411. The van der Waals surface area contributed by atoms with Gasteiger partial charge in [-0.2, -0.15) is 0 Å². The number of carbonyl (C=O) groups excluding carboxylic acids is 2. The molecule has 0 aliphatic carbocycles. The van der Waals surface area contributed by atoms with Gasteiger partial charge < -0.3 is 15.4 Å². The fourth-order valence-electron chi connectivity index (χ4n) is 2.85. The van der Waals surface area contributed by atoms with Crippen LogP contribution in [-0.4, -0.2) is 37.4 Å². The van der Waals surface area contributed by atoms with Gasteiger partial charge in [-0.15, -0.1) is 0 Å². The standard InChI is InChI=1S/C20H22N2O3/c23-19(22-17-7-4-12-21-13-17)14-25-18-10-8-16(9-11-18)20(24)15-5-2-1-3-6-15/h1-3,5-6,8-11,17,21H,4,7,12-14H2,(H,22,23). The number of ketones is 1. The molecule has 25 heavy (non-hydrogen) atoms. The summed E-state index contributed by atoms with van der Waals surface area (Å²) in [6.07, 6.45) is 2.07. The van der Waals surface area contributed by atoms with Gasteiger partial charge in [-0.1, -0.05) is 30.3 Å². The highest BCUT2D eigenvalue weighted by atomic mass is 16.5. The number of amides is 1. The van der Waals surface area contributed by atoms with E-state index in [1.54, 1.807) is 36.4 Å². The smallest absolute Gasteiger partial charge is 0.258 e. The molecule has 1 unspecified atom stereocenters. The maximum atomic E-state index is 12.3. The molecule has 0 spiro atoms. The summed E-state index contributed by atoms with van der Waals surface area (Å²) in [5, 5.41) is 6.22. The Hall–Kier alpha value is -2.66. The minimum Gasteiger partial charge on any atom is -0.484 e. The summed E-state index contributed by atoms with van der Waals surface area (Å²) in [7, 11) is 0. The van der Waals surface area contributed by atoms with Crippen molar-refractivity contribution in [3.8, 4) is 5.75 Å². The van der Waals surface area contributed by atoms with Crippen molar-refractivity contribution in [3.63, 3.8) is 0 Å². The molecule has 2 aromatic rings. The van der Waals surface area contributed by atoms with E-state index in [0.29, 0.717) is 16.9 Å². The molecule has 130 valence electrons. The lowest BCUT2D eigenvalue weighted by molar-refractivity contribution is -0.123. The monoisotopic (exact) mass is 338 g/mol. The highest BCUT2D eigenvalue weighted by Gasteiger charge is 2.15. The molecule has 5 nitrogen and oxygen atoms in total. The first kappa shape index (κ1) is 17.2. The van der Waals surface area contributed by atoms with E-state index in [1.165, 1.54) is 0 Å². The predicted molar refractivity (Wildman–Crippen MR) is 95.8 cm³/mol. The van der Waals surface area contributed by atoms with Gasteiger partial charge in [0.2, 0.25) is 0 Å². The lowest BCUT2D eigenvalue weighted by Gasteiger charge is -2.23. The molecular weight excluding hydrogens is 316 g/mol. The molecule has 0 aromatic heterocycles. The molecule has 1 atom stereocenters. The highest BCUT2D eigenvalue weighted by Crippen LogP contribution is 2.15. The van der Waals surface area contributed by atoms with E-state index in [4.69, 9.17) is 4.74 Å². The Morgan fingerprint density at radius 3 is 2.44 bits per heavy atom. The molecule has 2 aromatic carbocycles. The number of piperidine rings is 1. The Labute approximate surface area is 147 Å². The molecule has 0 saturated carbocycles. The second kappa shape index (κ2) is 8.44. The van der Waals surface area contributed by atoms with Crippen LogP contribution in [0, 0.1) is 0 Å². The maximum absolute atomic E-state index is 12.3. The van der Waals surface area contributed by atoms with Crippen LogP contribution in [0.15, 0.2) is 54.6 Å². The first-order valence-electron chi connectivity index (χ1n) is 8.55. The first-order valence-corrected chi connectivity index (χ1v) is 8.55. The van der Waals surface area contributed by atoms with Crippen LogP contribution in [0.25, 0.3) is 0 Å². The third kappa shape index (κ3) is 4.90. The van der Waals surface area contributed by atoms with Crippen molar-refractivity contribution in [2.45, 2.75) is 18.9 Å². The van der Waals surface area contributed by atoms with Gasteiger partial charge in [-0.3, -0.25) is 9.59 Å². The third-order valence-corrected chi connectivity index (χ3v) is 4.18. The number of rotatable bonds is 6. The van der Waals surface area contributed by atoms with Gasteiger partial charge in [-0.05, 0) is 43.7 Å². The van der Waals surface area contributed by atoms with E-state index in [2.05, 4.69) is 10.6 Å². The van der Waals surface area contributed by atoms with Crippen molar-refractivity contribution < 1.29 is 14.3 Å². The van der Waals surface area contributed by atoms with Crippen LogP contribution < -0.4 is 15.4 Å². The molecule has 1 fully saturated rings. The molecule has 0 radical (unpaired) electrons. The molecule has 1 aliphatic heterocycles. The summed E-state index contributed by atoms with van der Waals surface area (Å²) in [6.45, 7) is 1.79. The van der Waals surface area contributed by atoms with Crippen molar-refractivity contribution in [1.82, 2.24) is 10.6 Å².